The summed E-state index contributed by atoms with van der Waals surface area (Å²) in [6.45, 7) is -0.715. The predicted octanol–water partition coefficient (Wildman–Crippen LogP) is 6.05. The molecule has 0 radical (unpaired) electrons. The van der Waals surface area contributed by atoms with Crippen LogP contribution in [0.3, 0.4) is 0 Å². The average molecular weight is 547 g/mol. The predicted molar refractivity (Wildman–Crippen MR) is 124 cm³/mol. The molecule has 36 heavy (non-hydrogen) atoms. The lowest BCUT2D eigenvalue weighted by Gasteiger charge is -2.45. The first-order valence-corrected chi connectivity index (χ1v) is 12.0. The molecule has 0 aliphatic carbocycles. The molecule has 1 aliphatic rings. The van der Waals surface area contributed by atoms with Crippen LogP contribution < -0.4 is 5.32 Å². The number of carboxylic acids is 1. The first-order valence-electron chi connectivity index (χ1n) is 10.8. The lowest BCUT2D eigenvalue weighted by Crippen LogP contribution is -2.56. The fraction of sp³-hybridized carbons (Fsp3) is 0.348. The highest BCUT2D eigenvalue weighted by molar-refractivity contribution is 7.13. The topological polar surface area (TPSA) is 78.3 Å². The number of piperidine rings is 1. The molecule has 1 aliphatic heterocycles. The molecule has 4 rings (SSSR count). The summed E-state index contributed by atoms with van der Waals surface area (Å²) in [5.41, 5.74) is -2.24. The second-order valence-corrected chi connectivity index (χ2v) is 9.85. The lowest BCUT2D eigenvalue weighted by molar-refractivity contribution is -0.208. The molecule has 1 aromatic carbocycles. The van der Waals surface area contributed by atoms with Gasteiger partial charge in [0.05, 0.1) is 16.1 Å². The maximum atomic E-state index is 14.6. The van der Waals surface area contributed by atoms with E-state index < -0.39 is 54.6 Å². The molecule has 0 spiro atoms. The molecule has 1 fully saturated rings. The van der Waals surface area contributed by atoms with Crippen LogP contribution in [-0.2, 0) is 17.8 Å². The number of alkyl halides is 3. The Balaban J connectivity index is 1.61. The van der Waals surface area contributed by atoms with E-state index in [4.69, 9.17) is 11.6 Å². The minimum absolute atomic E-state index is 0.0340. The van der Waals surface area contributed by atoms with Crippen molar-refractivity contribution in [3.63, 3.8) is 0 Å². The van der Waals surface area contributed by atoms with Gasteiger partial charge in [0, 0.05) is 36.7 Å². The molecule has 3 heterocycles. The van der Waals surface area contributed by atoms with E-state index in [-0.39, 0.29) is 35.1 Å². The Bertz CT molecular complexity index is 1240. The first-order chi connectivity index (χ1) is 17.0. The smallest absolute Gasteiger partial charge is 0.404 e. The highest BCUT2D eigenvalue weighted by atomic mass is 35.5. The molecule has 0 bridgehead atoms. The van der Waals surface area contributed by atoms with Crippen LogP contribution in [0.25, 0.3) is 0 Å². The number of anilines is 2. The number of hydrogen-bond acceptors (Lipinski definition) is 6. The van der Waals surface area contributed by atoms with Crippen molar-refractivity contribution in [1.29, 1.82) is 0 Å². The number of aliphatic carboxylic acids is 1. The number of nitrogens with one attached hydrogen (secondary N) is 1. The summed E-state index contributed by atoms with van der Waals surface area (Å²) >= 11 is 7.02. The van der Waals surface area contributed by atoms with E-state index in [1.165, 1.54) is 41.8 Å². The largest absolute Gasteiger partial charge is 0.481 e. The molecule has 13 heteroatoms. The van der Waals surface area contributed by atoms with Gasteiger partial charge in [-0.25, -0.2) is 18.7 Å². The van der Waals surface area contributed by atoms with Gasteiger partial charge < -0.3 is 10.4 Å². The molecule has 2 atom stereocenters. The molecule has 0 saturated carbocycles. The lowest BCUT2D eigenvalue weighted by atomic mass is 9.71. The number of benzene rings is 1. The number of aromatic nitrogens is 2. The molecule has 2 unspecified atom stereocenters. The summed E-state index contributed by atoms with van der Waals surface area (Å²) < 4.78 is 71.3. The molecule has 1 saturated heterocycles. The van der Waals surface area contributed by atoms with Crippen molar-refractivity contribution in [1.82, 2.24) is 14.9 Å². The summed E-state index contributed by atoms with van der Waals surface area (Å²) in [6, 6.07) is 4.25. The van der Waals surface area contributed by atoms with Crippen LogP contribution in [0.5, 0.6) is 0 Å². The molecular weight excluding hydrogens is 527 g/mol. The van der Waals surface area contributed by atoms with Crippen LogP contribution >= 0.6 is 22.9 Å². The van der Waals surface area contributed by atoms with Crippen molar-refractivity contribution >= 4 is 39.9 Å². The maximum Gasteiger partial charge on any atom is 0.404 e. The summed E-state index contributed by atoms with van der Waals surface area (Å²) in [5, 5.41) is 14.8. The third-order valence-electron chi connectivity index (χ3n) is 6.23. The van der Waals surface area contributed by atoms with E-state index in [2.05, 4.69) is 15.3 Å². The van der Waals surface area contributed by atoms with Gasteiger partial charge in [0.25, 0.3) is 0 Å². The molecule has 6 nitrogen and oxygen atoms in total. The molecule has 0 amide bonds. The van der Waals surface area contributed by atoms with Crippen LogP contribution in [-0.4, -0.2) is 44.7 Å². The number of carboxylic acid groups (broad SMARTS) is 1. The SMILES string of the molecule is O=C(O)C1(Cc2nc(Nc3nccs3)ccc2F)CCN(Cc2cccc(Cl)c2F)C(C(F)(F)F)C1. The van der Waals surface area contributed by atoms with Gasteiger partial charge in [0.1, 0.15) is 23.5 Å². The zero-order valence-corrected chi connectivity index (χ0v) is 20.1. The minimum Gasteiger partial charge on any atom is -0.481 e. The standard InChI is InChI=1S/C23H20ClF5N4O2S/c24-14-3-1-2-13(19(14)26)12-33-8-6-22(20(34)35,11-17(33)23(27,28)29)10-16-15(25)4-5-18(31-16)32-21-30-7-9-36-21/h1-5,7,9,17H,6,8,10-12H2,(H,34,35)(H,30,31,32). The zero-order chi connectivity index (χ0) is 26.1. The second kappa shape index (κ2) is 10.3. The number of pyridine rings is 1. The van der Waals surface area contributed by atoms with Gasteiger partial charge in [-0.2, -0.15) is 13.2 Å². The van der Waals surface area contributed by atoms with Crippen molar-refractivity contribution in [3.05, 3.63) is 69.8 Å². The van der Waals surface area contributed by atoms with Crippen molar-refractivity contribution in [2.75, 3.05) is 11.9 Å². The van der Waals surface area contributed by atoms with E-state index in [9.17, 15) is 31.9 Å². The van der Waals surface area contributed by atoms with Gasteiger partial charge in [-0.15, -0.1) is 11.3 Å². The van der Waals surface area contributed by atoms with E-state index >= 15 is 0 Å². The van der Waals surface area contributed by atoms with Crippen LogP contribution in [0.4, 0.5) is 32.9 Å². The summed E-state index contributed by atoms with van der Waals surface area (Å²) in [7, 11) is 0. The van der Waals surface area contributed by atoms with Gasteiger partial charge in [-0.05, 0) is 31.0 Å². The summed E-state index contributed by atoms with van der Waals surface area (Å²) in [5.74, 6) is -2.95. The number of rotatable bonds is 7. The molecule has 2 N–H and O–H groups in total. The number of halogens is 6. The number of nitrogens with zero attached hydrogens (tertiary/aromatic N) is 3. The van der Waals surface area contributed by atoms with E-state index in [1.807, 2.05) is 0 Å². The van der Waals surface area contributed by atoms with Crippen molar-refractivity contribution in [3.8, 4) is 0 Å². The fourth-order valence-corrected chi connectivity index (χ4v) is 5.07. The van der Waals surface area contributed by atoms with Crippen molar-refractivity contribution in [2.45, 2.75) is 38.0 Å². The first kappa shape index (κ1) is 26.2. The highest BCUT2D eigenvalue weighted by Crippen LogP contribution is 2.44. The zero-order valence-electron chi connectivity index (χ0n) is 18.5. The van der Waals surface area contributed by atoms with E-state index in [0.717, 1.165) is 11.0 Å². The van der Waals surface area contributed by atoms with Gasteiger partial charge in [0.2, 0.25) is 0 Å². The van der Waals surface area contributed by atoms with Crippen LogP contribution in [0, 0.1) is 17.0 Å². The number of hydrogen-bond donors (Lipinski definition) is 2. The minimum atomic E-state index is -4.81. The van der Waals surface area contributed by atoms with Crippen LogP contribution in [0.2, 0.25) is 5.02 Å². The Morgan fingerprint density at radius 2 is 2.06 bits per heavy atom. The quantitative estimate of drug-likeness (QED) is 0.351. The number of thiazole rings is 1. The summed E-state index contributed by atoms with van der Waals surface area (Å²) in [6.07, 6.45) is -4.89. The Hall–Kier alpha value is -2.83. The molecule has 3 aromatic rings. The highest BCUT2D eigenvalue weighted by Gasteiger charge is 2.54. The van der Waals surface area contributed by atoms with Crippen LogP contribution in [0.15, 0.2) is 41.9 Å². The normalized spacial score (nSPS) is 20.9. The average Bonchev–Trinajstić information content (AvgIpc) is 3.32. The van der Waals surface area contributed by atoms with Gasteiger partial charge in [-0.1, -0.05) is 23.7 Å². The molecule has 192 valence electrons. The number of carbonyl (C=O) groups is 1. The molecule has 2 aromatic heterocycles. The third kappa shape index (κ3) is 5.60. The third-order valence-corrected chi connectivity index (χ3v) is 7.21. The number of likely N-dealkylation sites (tertiary alicyclic amines) is 1. The fourth-order valence-electron chi connectivity index (χ4n) is 4.34. The van der Waals surface area contributed by atoms with E-state index in [1.54, 1.807) is 5.38 Å². The second-order valence-electron chi connectivity index (χ2n) is 8.54. The monoisotopic (exact) mass is 546 g/mol. The Morgan fingerprint density at radius 1 is 1.28 bits per heavy atom. The van der Waals surface area contributed by atoms with E-state index in [0.29, 0.717) is 5.13 Å². The Morgan fingerprint density at radius 3 is 2.72 bits per heavy atom. The van der Waals surface area contributed by atoms with Gasteiger partial charge in [0.15, 0.2) is 5.13 Å². The van der Waals surface area contributed by atoms with Crippen LogP contribution in [0.1, 0.15) is 24.1 Å². The van der Waals surface area contributed by atoms with Crippen molar-refractivity contribution < 1.29 is 31.9 Å². The summed E-state index contributed by atoms with van der Waals surface area (Å²) in [4.78, 5) is 21.5. The maximum absolute atomic E-state index is 14.6. The molecular formula is C23H20ClF5N4O2S. The Labute approximate surface area is 211 Å². The van der Waals surface area contributed by atoms with Crippen molar-refractivity contribution in [2.24, 2.45) is 5.41 Å². The van der Waals surface area contributed by atoms with Gasteiger partial charge >= 0.3 is 12.1 Å². The van der Waals surface area contributed by atoms with Gasteiger partial charge in [-0.3, -0.25) is 9.69 Å². The Kier molecular flexibility index (Phi) is 7.48.